The SMILES string of the molecule is CC1CNCC(NS(=O)(=O)c2cccnc2Oc2ccc(F)cc2)C1. The second kappa shape index (κ2) is 7.47. The molecular formula is C17H20FN3O3S. The Morgan fingerprint density at radius 3 is 2.72 bits per heavy atom. The van der Waals surface area contributed by atoms with Crippen molar-refractivity contribution in [2.45, 2.75) is 24.3 Å². The highest BCUT2D eigenvalue weighted by Gasteiger charge is 2.27. The van der Waals surface area contributed by atoms with Gasteiger partial charge in [-0.05, 0) is 55.3 Å². The zero-order valence-electron chi connectivity index (χ0n) is 13.8. The maximum absolute atomic E-state index is 13.0. The van der Waals surface area contributed by atoms with E-state index in [4.69, 9.17) is 4.74 Å². The first-order valence-corrected chi connectivity index (χ1v) is 9.54. The molecule has 8 heteroatoms. The monoisotopic (exact) mass is 365 g/mol. The number of aromatic nitrogens is 1. The zero-order chi connectivity index (χ0) is 17.9. The smallest absolute Gasteiger partial charge is 0.246 e. The number of ether oxygens (including phenoxy) is 1. The van der Waals surface area contributed by atoms with E-state index < -0.39 is 15.8 Å². The second-order valence-electron chi connectivity index (χ2n) is 6.18. The molecule has 1 aromatic carbocycles. The summed E-state index contributed by atoms with van der Waals surface area (Å²) in [5, 5.41) is 3.21. The van der Waals surface area contributed by atoms with Crippen LogP contribution in [-0.2, 0) is 10.0 Å². The minimum atomic E-state index is -3.79. The number of rotatable bonds is 5. The van der Waals surface area contributed by atoms with Gasteiger partial charge in [-0.1, -0.05) is 6.92 Å². The Hall–Kier alpha value is -2.03. The Morgan fingerprint density at radius 2 is 2.00 bits per heavy atom. The first-order chi connectivity index (χ1) is 11.9. The molecular weight excluding hydrogens is 345 g/mol. The highest BCUT2D eigenvalue weighted by Crippen LogP contribution is 2.27. The number of hydrogen-bond donors (Lipinski definition) is 2. The molecule has 2 aromatic rings. The lowest BCUT2D eigenvalue weighted by Gasteiger charge is -2.28. The fourth-order valence-corrected chi connectivity index (χ4v) is 4.13. The van der Waals surface area contributed by atoms with Gasteiger partial charge < -0.3 is 10.1 Å². The van der Waals surface area contributed by atoms with Gasteiger partial charge in [0.2, 0.25) is 15.9 Å². The largest absolute Gasteiger partial charge is 0.438 e. The number of nitrogens with zero attached hydrogens (tertiary/aromatic N) is 1. The highest BCUT2D eigenvalue weighted by molar-refractivity contribution is 7.89. The van der Waals surface area contributed by atoms with E-state index in [1.807, 2.05) is 0 Å². The Kier molecular flexibility index (Phi) is 5.31. The van der Waals surface area contributed by atoms with Gasteiger partial charge in [-0.2, -0.15) is 0 Å². The second-order valence-corrected chi connectivity index (χ2v) is 7.86. The molecule has 1 aliphatic rings. The van der Waals surface area contributed by atoms with Crippen molar-refractivity contribution in [2.75, 3.05) is 13.1 Å². The molecule has 2 atom stereocenters. The molecule has 0 amide bonds. The lowest BCUT2D eigenvalue weighted by Crippen LogP contribution is -2.48. The molecule has 3 rings (SSSR count). The molecule has 2 heterocycles. The standard InChI is InChI=1S/C17H20FN3O3S/c1-12-9-14(11-19-10-12)21-25(22,23)16-3-2-8-20-17(16)24-15-6-4-13(18)5-7-15/h2-8,12,14,19,21H,9-11H2,1H3. The number of benzene rings is 1. The maximum atomic E-state index is 13.0. The van der Waals surface area contributed by atoms with Crippen LogP contribution in [-0.4, -0.2) is 32.5 Å². The summed E-state index contributed by atoms with van der Waals surface area (Å²) in [4.78, 5) is 3.98. The Balaban J connectivity index is 1.82. The molecule has 0 saturated carbocycles. The molecule has 6 nitrogen and oxygen atoms in total. The van der Waals surface area contributed by atoms with Crippen LogP contribution in [0.4, 0.5) is 4.39 Å². The number of halogens is 1. The summed E-state index contributed by atoms with van der Waals surface area (Å²) in [6, 6.07) is 8.09. The first kappa shape index (κ1) is 17.8. The van der Waals surface area contributed by atoms with Crippen molar-refractivity contribution >= 4 is 10.0 Å². The molecule has 0 radical (unpaired) electrons. The maximum Gasteiger partial charge on any atom is 0.246 e. The van der Waals surface area contributed by atoms with Crippen LogP contribution in [0.1, 0.15) is 13.3 Å². The normalized spacial score (nSPS) is 21.0. The van der Waals surface area contributed by atoms with Gasteiger partial charge in [-0.15, -0.1) is 0 Å². The summed E-state index contributed by atoms with van der Waals surface area (Å²) >= 11 is 0. The van der Waals surface area contributed by atoms with Crippen molar-refractivity contribution in [3.05, 3.63) is 48.4 Å². The van der Waals surface area contributed by atoms with Gasteiger partial charge in [0.1, 0.15) is 16.5 Å². The molecule has 2 N–H and O–H groups in total. The van der Waals surface area contributed by atoms with E-state index in [-0.39, 0.29) is 16.8 Å². The van der Waals surface area contributed by atoms with Crippen molar-refractivity contribution in [1.29, 1.82) is 0 Å². The topological polar surface area (TPSA) is 80.3 Å². The van der Waals surface area contributed by atoms with Crippen molar-refractivity contribution in [3.63, 3.8) is 0 Å². The molecule has 0 bridgehead atoms. The fourth-order valence-electron chi connectivity index (χ4n) is 2.80. The van der Waals surface area contributed by atoms with E-state index in [1.165, 1.54) is 42.6 Å². The fraction of sp³-hybridized carbons (Fsp3) is 0.353. The first-order valence-electron chi connectivity index (χ1n) is 8.05. The molecule has 0 aliphatic carbocycles. The number of pyridine rings is 1. The van der Waals surface area contributed by atoms with E-state index in [9.17, 15) is 12.8 Å². The summed E-state index contributed by atoms with van der Waals surface area (Å²) in [7, 11) is -3.79. The van der Waals surface area contributed by atoms with E-state index in [2.05, 4.69) is 21.9 Å². The van der Waals surface area contributed by atoms with Crippen LogP contribution in [0.3, 0.4) is 0 Å². The van der Waals surface area contributed by atoms with Gasteiger partial charge in [0.15, 0.2) is 0 Å². The number of sulfonamides is 1. The minimum Gasteiger partial charge on any atom is -0.438 e. The minimum absolute atomic E-state index is 0.0431. The van der Waals surface area contributed by atoms with Gasteiger partial charge in [-0.3, -0.25) is 0 Å². The Morgan fingerprint density at radius 1 is 1.24 bits per heavy atom. The van der Waals surface area contributed by atoms with Gasteiger partial charge in [0.25, 0.3) is 0 Å². The third kappa shape index (κ3) is 4.53. The van der Waals surface area contributed by atoms with Gasteiger partial charge in [-0.25, -0.2) is 22.5 Å². The van der Waals surface area contributed by atoms with Gasteiger partial charge >= 0.3 is 0 Å². The summed E-state index contributed by atoms with van der Waals surface area (Å²) in [5.41, 5.74) is 0. The summed E-state index contributed by atoms with van der Waals surface area (Å²) < 4.78 is 46.8. The van der Waals surface area contributed by atoms with Crippen molar-refractivity contribution < 1.29 is 17.5 Å². The van der Waals surface area contributed by atoms with Crippen molar-refractivity contribution in [3.8, 4) is 11.6 Å². The lowest BCUT2D eigenvalue weighted by atomic mass is 9.99. The third-order valence-electron chi connectivity index (χ3n) is 3.95. The van der Waals surface area contributed by atoms with Gasteiger partial charge in [0, 0.05) is 18.8 Å². The van der Waals surface area contributed by atoms with E-state index in [0.29, 0.717) is 18.2 Å². The lowest BCUT2D eigenvalue weighted by molar-refractivity contribution is 0.346. The highest BCUT2D eigenvalue weighted by atomic mass is 32.2. The summed E-state index contributed by atoms with van der Waals surface area (Å²) in [5.74, 6) is 0.259. The average molecular weight is 365 g/mol. The molecule has 1 saturated heterocycles. The van der Waals surface area contributed by atoms with Crippen LogP contribution in [0.5, 0.6) is 11.6 Å². The molecule has 25 heavy (non-hydrogen) atoms. The third-order valence-corrected chi connectivity index (χ3v) is 5.48. The van der Waals surface area contributed by atoms with Crippen LogP contribution in [0.2, 0.25) is 0 Å². The van der Waals surface area contributed by atoms with Crippen LogP contribution >= 0.6 is 0 Å². The van der Waals surface area contributed by atoms with E-state index >= 15 is 0 Å². The number of hydrogen-bond acceptors (Lipinski definition) is 5. The average Bonchev–Trinajstić information content (AvgIpc) is 2.57. The van der Waals surface area contributed by atoms with Gasteiger partial charge in [0.05, 0.1) is 0 Å². The molecule has 1 fully saturated rings. The Labute approximate surface area is 146 Å². The van der Waals surface area contributed by atoms with E-state index in [1.54, 1.807) is 0 Å². The van der Waals surface area contributed by atoms with Crippen LogP contribution < -0.4 is 14.8 Å². The zero-order valence-corrected chi connectivity index (χ0v) is 14.6. The molecule has 134 valence electrons. The van der Waals surface area contributed by atoms with Crippen molar-refractivity contribution in [2.24, 2.45) is 5.92 Å². The summed E-state index contributed by atoms with van der Waals surface area (Å²) in [6.45, 7) is 3.53. The Bertz CT molecular complexity index is 827. The van der Waals surface area contributed by atoms with E-state index in [0.717, 1.165) is 13.0 Å². The number of nitrogens with one attached hydrogen (secondary N) is 2. The molecule has 1 aliphatic heterocycles. The predicted molar refractivity (Wildman–Crippen MR) is 91.5 cm³/mol. The van der Waals surface area contributed by atoms with Crippen LogP contribution in [0.15, 0.2) is 47.5 Å². The number of piperidine rings is 1. The predicted octanol–water partition coefficient (Wildman–Crippen LogP) is 2.29. The van der Waals surface area contributed by atoms with Crippen LogP contribution in [0.25, 0.3) is 0 Å². The van der Waals surface area contributed by atoms with Crippen molar-refractivity contribution in [1.82, 2.24) is 15.0 Å². The summed E-state index contributed by atoms with van der Waals surface area (Å²) in [6.07, 6.45) is 2.21. The molecule has 2 unspecified atom stereocenters. The molecule has 0 spiro atoms. The quantitative estimate of drug-likeness (QED) is 0.850. The molecule has 1 aromatic heterocycles. The van der Waals surface area contributed by atoms with Crippen LogP contribution in [0, 0.1) is 11.7 Å².